The Morgan fingerprint density at radius 2 is 1.80 bits per heavy atom. The van der Waals surface area contributed by atoms with Crippen molar-refractivity contribution in [3.63, 3.8) is 0 Å². The average molecular weight is 208 g/mol. The van der Waals surface area contributed by atoms with Crippen molar-refractivity contribution in [2.45, 2.75) is 12.8 Å². The molecule has 3 nitrogen and oxygen atoms in total. The van der Waals surface area contributed by atoms with E-state index in [1.807, 2.05) is 30.3 Å². The monoisotopic (exact) mass is 208 g/mol. The van der Waals surface area contributed by atoms with Gasteiger partial charge in [-0.3, -0.25) is 0 Å². The summed E-state index contributed by atoms with van der Waals surface area (Å²) in [5, 5.41) is 3.31. The number of hydrogen-bond acceptors (Lipinski definition) is 3. The topological polar surface area (TPSA) is 47.3 Å². The van der Waals surface area contributed by atoms with Crippen molar-refractivity contribution in [1.82, 2.24) is 5.32 Å². The maximum atomic E-state index is 5.55. The number of nitrogens with two attached hydrogens (primary N) is 1. The van der Waals surface area contributed by atoms with E-state index in [2.05, 4.69) is 5.32 Å². The Hall–Kier alpha value is -1.06. The highest BCUT2D eigenvalue weighted by Crippen LogP contribution is 2.07. The molecule has 0 aliphatic rings. The van der Waals surface area contributed by atoms with E-state index in [0.29, 0.717) is 0 Å². The zero-order chi connectivity index (χ0) is 10.8. The third-order valence-corrected chi connectivity index (χ3v) is 2.07. The second kappa shape index (κ2) is 8.26. The Balaban J connectivity index is 1.93. The van der Waals surface area contributed by atoms with Gasteiger partial charge in [0.1, 0.15) is 5.75 Å². The second-order valence-electron chi connectivity index (χ2n) is 3.41. The standard InChI is InChI=1S/C12H20N2O/c13-8-4-9-14-10-5-11-15-12-6-2-1-3-7-12/h1-3,6-7,14H,4-5,8-11,13H2. The van der Waals surface area contributed by atoms with Crippen molar-refractivity contribution in [2.24, 2.45) is 5.73 Å². The van der Waals surface area contributed by atoms with E-state index in [1.54, 1.807) is 0 Å². The molecule has 0 atom stereocenters. The van der Waals surface area contributed by atoms with Crippen molar-refractivity contribution >= 4 is 0 Å². The molecule has 0 heterocycles. The molecule has 0 aromatic heterocycles. The SMILES string of the molecule is NCCCNCCCOc1ccccc1. The first-order chi connectivity index (χ1) is 7.43. The van der Waals surface area contributed by atoms with Gasteiger partial charge in [0.25, 0.3) is 0 Å². The molecule has 0 aliphatic heterocycles. The summed E-state index contributed by atoms with van der Waals surface area (Å²) in [5.41, 5.74) is 5.38. The second-order valence-corrected chi connectivity index (χ2v) is 3.41. The van der Waals surface area contributed by atoms with Gasteiger partial charge < -0.3 is 15.8 Å². The summed E-state index contributed by atoms with van der Waals surface area (Å²) < 4.78 is 5.55. The highest BCUT2D eigenvalue weighted by Gasteiger charge is 1.91. The molecular weight excluding hydrogens is 188 g/mol. The summed E-state index contributed by atoms with van der Waals surface area (Å²) >= 11 is 0. The van der Waals surface area contributed by atoms with Gasteiger partial charge in [-0.2, -0.15) is 0 Å². The molecule has 0 saturated carbocycles. The van der Waals surface area contributed by atoms with Gasteiger partial charge in [0.2, 0.25) is 0 Å². The van der Waals surface area contributed by atoms with Crippen molar-refractivity contribution in [3.8, 4) is 5.75 Å². The first-order valence-corrected chi connectivity index (χ1v) is 5.52. The summed E-state index contributed by atoms with van der Waals surface area (Å²) in [6, 6.07) is 9.90. The van der Waals surface area contributed by atoms with Crippen LogP contribution in [0.3, 0.4) is 0 Å². The van der Waals surface area contributed by atoms with Crippen molar-refractivity contribution in [2.75, 3.05) is 26.2 Å². The number of benzene rings is 1. The lowest BCUT2D eigenvalue weighted by Crippen LogP contribution is -2.20. The van der Waals surface area contributed by atoms with Crippen LogP contribution in [-0.2, 0) is 0 Å². The minimum Gasteiger partial charge on any atom is -0.494 e. The molecule has 15 heavy (non-hydrogen) atoms. The summed E-state index contributed by atoms with van der Waals surface area (Å²) in [4.78, 5) is 0. The Bertz CT molecular complexity index is 239. The fraction of sp³-hybridized carbons (Fsp3) is 0.500. The molecule has 1 rings (SSSR count). The minimum absolute atomic E-state index is 0.757. The number of rotatable bonds is 8. The highest BCUT2D eigenvalue weighted by molar-refractivity contribution is 5.20. The molecular formula is C12H20N2O. The normalized spacial score (nSPS) is 10.2. The molecule has 3 heteroatoms. The number of ether oxygens (including phenoxy) is 1. The van der Waals surface area contributed by atoms with Crippen LogP contribution in [0.5, 0.6) is 5.75 Å². The van der Waals surface area contributed by atoms with E-state index in [9.17, 15) is 0 Å². The minimum atomic E-state index is 0.757. The summed E-state index contributed by atoms with van der Waals surface area (Å²) in [6.45, 7) is 3.52. The van der Waals surface area contributed by atoms with Gasteiger partial charge in [-0.15, -0.1) is 0 Å². The third kappa shape index (κ3) is 6.10. The maximum absolute atomic E-state index is 5.55. The fourth-order valence-corrected chi connectivity index (χ4v) is 1.26. The van der Waals surface area contributed by atoms with E-state index in [1.165, 1.54) is 0 Å². The Morgan fingerprint density at radius 1 is 1.07 bits per heavy atom. The quantitative estimate of drug-likeness (QED) is 0.635. The van der Waals surface area contributed by atoms with E-state index >= 15 is 0 Å². The van der Waals surface area contributed by atoms with Crippen LogP contribution >= 0.6 is 0 Å². The van der Waals surface area contributed by atoms with E-state index < -0.39 is 0 Å². The zero-order valence-corrected chi connectivity index (χ0v) is 9.11. The van der Waals surface area contributed by atoms with Crippen LogP contribution in [-0.4, -0.2) is 26.2 Å². The molecule has 0 saturated heterocycles. The van der Waals surface area contributed by atoms with E-state index in [0.717, 1.165) is 44.8 Å². The van der Waals surface area contributed by atoms with E-state index in [-0.39, 0.29) is 0 Å². The molecule has 0 fully saturated rings. The van der Waals surface area contributed by atoms with E-state index in [4.69, 9.17) is 10.5 Å². The van der Waals surface area contributed by atoms with Gasteiger partial charge >= 0.3 is 0 Å². The number of hydrogen-bond donors (Lipinski definition) is 2. The predicted octanol–water partition coefficient (Wildman–Crippen LogP) is 1.39. The van der Waals surface area contributed by atoms with Crippen molar-refractivity contribution in [1.29, 1.82) is 0 Å². The molecule has 1 aromatic rings. The van der Waals surface area contributed by atoms with Gasteiger partial charge in [-0.1, -0.05) is 18.2 Å². The molecule has 0 amide bonds. The number of para-hydroxylation sites is 1. The Labute approximate surface area is 91.6 Å². The first kappa shape index (κ1) is 12.0. The van der Waals surface area contributed by atoms with Gasteiger partial charge in [-0.25, -0.2) is 0 Å². The Kier molecular flexibility index (Phi) is 6.62. The van der Waals surface area contributed by atoms with Crippen LogP contribution in [0, 0.1) is 0 Å². The molecule has 3 N–H and O–H groups in total. The van der Waals surface area contributed by atoms with Crippen molar-refractivity contribution < 1.29 is 4.74 Å². The van der Waals surface area contributed by atoms with Crippen LogP contribution in [0.15, 0.2) is 30.3 Å². The van der Waals surface area contributed by atoms with Gasteiger partial charge in [-0.05, 0) is 44.6 Å². The zero-order valence-electron chi connectivity index (χ0n) is 9.11. The first-order valence-electron chi connectivity index (χ1n) is 5.52. The number of nitrogens with one attached hydrogen (secondary N) is 1. The van der Waals surface area contributed by atoms with Gasteiger partial charge in [0, 0.05) is 0 Å². The molecule has 0 aliphatic carbocycles. The molecule has 0 bridgehead atoms. The summed E-state index contributed by atoms with van der Waals surface area (Å²) in [5.74, 6) is 0.944. The fourth-order valence-electron chi connectivity index (χ4n) is 1.26. The lowest BCUT2D eigenvalue weighted by atomic mass is 10.3. The van der Waals surface area contributed by atoms with Crippen LogP contribution < -0.4 is 15.8 Å². The highest BCUT2D eigenvalue weighted by atomic mass is 16.5. The molecule has 0 unspecified atom stereocenters. The molecule has 1 aromatic carbocycles. The van der Waals surface area contributed by atoms with Crippen molar-refractivity contribution in [3.05, 3.63) is 30.3 Å². The van der Waals surface area contributed by atoms with Crippen LogP contribution in [0.4, 0.5) is 0 Å². The third-order valence-electron chi connectivity index (χ3n) is 2.07. The average Bonchev–Trinajstić information content (AvgIpc) is 2.29. The molecule has 0 radical (unpaired) electrons. The lowest BCUT2D eigenvalue weighted by Gasteiger charge is -2.06. The maximum Gasteiger partial charge on any atom is 0.119 e. The van der Waals surface area contributed by atoms with Crippen LogP contribution in [0.25, 0.3) is 0 Å². The van der Waals surface area contributed by atoms with Crippen LogP contribution in [0.1, 0.15) is 12.8 Å². The van der Waals surface area contributed by atoms with Crippen LogP contribution in [0.2, 0.25) is 0 Å². The summed E-state index contributed by atoms with van der Waals surface area (Å²) in [6.07, 6.45) is 2.07. The van der Waals surface area contributed by atoms with Gasteiger partial charge in [0.15, 0.2) is 0 Å². The molecule has 84 valence electrons. The smallest absolute Gasteiger partial charge is 0.119 e. The van der Waals surface area contributed by atoms with Gasteiger partial charge in [0.05, 0.1) is 6.61 Å². The Morgan fingerprint density at radius 3 is 2.53 bits per heavy atom. The predicted molar refractivity (Wildman–Crippen MR) is 63.1 cm³/mol. The largest absolute Gasteiger partial charge is 0.494 e. The lowest BCUT2D eigenvalue weighted by molar-refractivity contribution is 0.308. The molecule has 0 spiro atoms. The summed E-state index contributed by atoms with van der Waals surface area (Å²) in [7, 11) is 0.